The maximum Gasteiger partial charge on any atom is 0.255 e. The van der Waals surface area contributed by atoms with E-state index in [2.05, 4.69) is 10.2 Å². The number of hydrogen-bond donors (Lipinski definition) is 1. The van der Waals surface area contributed by atoms with Crippen LogP contribution in [0.4, 0.5) is 11.4 Å². The van der Waals surface area contributed by atoms with Crippen molar-refractivity contribution in [3.05, 3.63) is 54.1 Å². The zero-order valence-corrected chi connectivity index (χ0v) is 17.8. The molecule has 29 heavy (non-hydrogen) atoms. The lowest BCUT2D eigenvalue weighted by Gasteiger charge is -2.30. The molecule has 0 saturated carbocycles. The first-order chi connectivity index (χ1) is 13.8. The standard InChI is InChI=1S/C21H27N3O4S/c1-16(2)23(3)29(26,27)18-10-8-17(9-11-18)21(25)22-19-6-4-5-7-20(19)24-12-14-28-15-13-24/h4-11,16H,12-15H2,1-3H3,(H,22,25). The van der Waals surface area contributed by atoms with Crippen molar-refractivity contribution in [2.45, 2.75) is 24.8 Å². The molecule has 7 nitrogen and oxygen atoms in total. The number of morpholine rings is 1. The summed E-state index contributed by atoms with van der Waals surface area (Å²) in [6.07, 6.45) is 0. The Balaban J connectivity index is 1.77. The van der Waals surface area contributed by atoms with Gasteiger partial charge in [-0.15, -0.1) is 0 Å². The number of amides is 1. The molecule has 0 aromatic heterocycles. The van der Waals surface area contributed by atoms with E-state index in [1.807, 2.05) is 38.1 Å². The monoisotopic (exact) mass is 417 g/mol. The Morgan fingerprint density at radius 3 is 2.31 bits per heavy atom. The van der Waals surface area contributed by atoms with Crippen molar-refractivity contribution in [2.24, 2.45) is 0 Å². The fraction of sp³-hybridized carbons (Fsp3) is 0.381. The molecule has 1 aliphatic heterocycles. The van der Waals surface area contributed by atoms with Crippen LogP contribution in [0.25, 0.3) is 0 Å². The number of nitrogens with one attached hydrogen (secondary N) is 1. The summed E-state index contributed by atoms with van der Waals surface area (Å²) in [6.45, 7) is 6.47. The summed E-state index contributed by atoms with van der Waals surface area (Å²) in [7, 11) is -2.03. The molecule has 156 valence electrons. The van der Waals surface area contributed by atoms with Crippen LogP contribution in [0, 0.1) is 0 Å². The SMILES string of the molecule is CC(C)N(C)S(=O)(=O)c1ccc(C(=O)Nc2ccccc2N2CCOCC2)cc1. The number of nitrogens with zero attached hydrogens (tertiary/aromatic N) is 2. The van der Waals surface area contributed by atoms with Gasteiger partial charge in [-0.3, -0.25) is 4.79 Å². The molecule has 2 aromatic rings. The van der Waals surface area contributed by atoms with Gasteiger partial charge < -0.3 is 15.0 Å². The molecule has 0 aliphatic carbocycles. The van der Waals surface area contributed by atoms with E-state index in [0.29, 0.717) is 18.8 Å². The van der Waals surface area contributed by atoms with Crippen LogP contribution in [-0.2, 0) is 14.8 Å². The van der Waals surface area contributed by atoms with E-state index in [0.717, 1.165) is 24.5 Å². The minimum atomic E-state index is -3.58. The molecule has 2 aromatic carbocycles. The molecule has 8 heteroatoms. The maximum absolute atomic E-state index is 12.7. The molecule has 1 aliphatic rings. The van der Waals surface area contributed by atoms with Gasteiger partial charge in [0, 0.05) is 31.7 Å². The van der Waals surface area contributed by atoms with E-state index in [1.54, 1.807) is 7.05 Å². The highest BCUT2D eigenvalue weighted by Gasteiger charge is 2.23. The first-order valence-electron chi connectivity index (χ1n) is 9.62. The number of rotatable bonds is 6. The number of hydrogen-bond acceptors (Lipinski definition) is 5. The molecule has 1 heterocycles. The van der Waals surface area contributed by atoms with Crippen molar-refractivity contribution in [3.8, 4) is 0 Å². The number of anilines is 2. The minimum absolute atomic E-state index is 0.153. The van der Waals surface area contributed by atoms with Gasteiger partial charge in [-0.2, -0.15) is 4.31 Å². The fourth-order valence-corrected chi connectivity index (χ4v) is 4.44. The average Bonchev–Trinajstić information content (AvgIpc) is 2.74. The second kappa shape index (κ2) is 8.94. The van der Waals surface area contributed by atoms with E-state index in [4.69, 9.17) is 4.74 Å². The summed E-state index contributed by atoms with van der Waals surface area (Å²) < 4.78 is 31.9. The Bertz CT molecular complexity index is 952. The number of ether oxygens (including phenoxy) is 1. The second-order valence-corrected chi connectivity index (χ2v) is 9.21. The van der Waals surface area contributed by atoms with Gasteiger partial charge in [0.05, 0.1) is 29.5 Å². The number of carbonyl (C=O) groups is 1. The van der Waals surface area contributed by atoms with Gasteiger partial charge in [-0.05, 0) is 50.2 Å². The van der Waals surface area contributed by atoms with Crippen LogP contribution in [-0.4, -0.2) is 58.0 Å². The third kappa shape index (κ3) is 4.77. The van der Waals surface area contributed by atoms with Crippen molar-refractivity contribution in [2.75, 3.05) is 43.6 Å². The Labute approximate surface area is 172 Å². The second-order valence-electron chi connectivity index (χ2n) is 7.21. The van der Waals surface area contributed by atoms with E-state index >= 15 is 0 Å². The predicted molar refractivity (Wildman–Crippen MR) is 114 cm³/mol. The molecule has 0 radical (unpaired) electrons. The predicted octanol–water partition coefficient (Wildman–Crippen LogP) is 2.80. The van der Waals surface area contributed by atoms with Crippen LogP contribution in [0.2, 0.25) is 0 Å². The number of carbonyl (C=O) groups excluding carboxylic acids is 1. The largest absolute Gasteiger partial charge is 0.378 e. The lowest BCUT2D eigenvalue weighted by Crippen LogP contribution is -2.36. The molecular weight excluding hydrogens is 390 g/mol. The molecule has 0 bridgehead atoms. The summed E-state index contributed by atoms with van der Waals surface area (Å²) in [5.41, 5.74) is 2.06. The summed E-state index contributed by atoms with van der Waals surface area (Å²) >= 11 is 0. The molecule has 0 unspecified atom stereocenters. The van der Waals surface area contributed by atoms with Crippen LogP contribution >= 0.6 is 0 Å². The Kier molecular flexibility index (Phi) is 6.56. The van der Waals surface area contributed by atoms with Gasteiger partial charge in [-0.1, -0.05) is 12.1 Å². The Morgan fingerprint density at radius 1 is 1.07 bits per heavy atom. The maximum atomic E-state index is 12.7. The molecule has 1 N–H and O–H groups in total. The van der Waals surface area contributed by atoms with E-state index < -0.39 is 10.0 Å². The van der Waals surface area contributed by atoms with E-state index in [-0.39, 0.29) is 16.8 Å². The third-order valence-corrected chi connectivity index (χ3v) is 7.07. The first-order valence-corrected chi connectivity index (χ1v) is 11.1. The van der Waals surface area contributed by atoms with E-state index in [1.165, 1.54) is 28.6 Å². The first kappa shape index (κ1) is 21.3. The van der Waals surface area contributed by atoms with Gasteiger partial charge in [0.2, 0.25) is 10.0 Å². The number of para-hydroxylation sites is 2. The van der Waals surface area contributed by atoms with E-state index in [9.17, 15) is 13.2 Å². The molecule has 1 saturated heterocycles. The number of benzene rings is 2. The van der Waals surface area contributed by atoms with Crippen LogP contribution in [0.3, 0.4) is 0 Å². The van der Waals surface area contributed by atoms with Gasteiger partial charge in [-0.25, -0.2) is 8.42 Å². The van der Waals surface area contributed by atoms with Crippen molar-refractivity contribution in [3.63, 3.8) is 0 Å². The lowest BCUT2D eigenvalue weighted by molar-refractivity contribution is 0.102. The van der Waals surface area contributed by atoms with Crippen LogP contribution in [0.5, 0.6) is 0 Å². The Hall–Kier alpha value is -2.42. The molecule has 3 rings (SSSR count). The quantitative estimate of drug-likeness (QED) is 0.782. The van der Waals surface area contributed by atoms with Gasteiger partial charge in [0.25, 0.3) is 5.91 Å². The zero-order valence-electron chi connectivity index (χ0n) is 17.0. The Morgan fingerprint density at radius 2 is 1.69 bits per heavy atom. The van der Waals surface area contributed by atoms with Crippen LogP contribution < -0.4 is 10.2 Å². The highest BCUT2D eigenvalue weighted by Crippen LogP contribution is 2.27. The summed E-state index contributed by atoms with van der Waals surface area (Å²) in [5, 5.41) is 2.94. The van der Waals surface area contributed by atoms with Gasteiger partial charge >= 0.3 is 0 Å². The topological polar surface area (TPSA) is 79.0 Å². The van der Waals surface area contributed by atoms with Crippen molar-refractivity contribution < 1.29 is 17.9 Å². The van der Waals surface area contributed by atoms with Crippen molar-refractivity contribution in [1.29, 1.82) is 0 Å². The van der Waals surface area contributed by atoms with Gasteiger partial charge in [0.15, 0.2) is 0 Å². The lowest BCUT2D eigenvalue weighted by atomic mass is 10.2. The molecule has 1 fully saturated rings. The molecule has 0 atom stereocenters. The summed E-state index contributed by atoms with van der Waals surface area (Å²) in [6, 6.07) is 13.5. The highest BCUT2D eigenvalue weighted by atomic mass is 32.2. The summed E-state index contributed by atoms with van der Waals surface area (Å²) in [5.74, 6) is -0.285. The minimum Gasteiger partial charge on any atom is -0.378 e. The fourth-order valence-electron chi connectivity index (χ4n) is 3.08. The van der Waals surface area contributed by atoms with Crippen LogP contribution in [0.1, 0.15) is 24.2 Å². The summed E-state index contributed by atoms with van der Waals surface area (Å²) in [4.78, 5) is 15.1. The number of sulfonamides is 1. The van der Waals surface area contributed by atoms with Gasteiger partial charge in [0.1, 0.15) is 0 Å². The highest BCUT2D eigenvalue weighted by molar-refractivity contribution is 7.89. The third-order valence-electron chi connectivity index (χ3n) is 5.02. The molecular formula is C21H27N3O4S. The average molecular weight is 418 g/mol. The molecule has 0 spiro atoms. The normalized spacial score (nSPS) is 15.0. The molecule has 1 amide bonds. The van der Waals surface area contributed by atoms with Crippen molar-refractivity contribution in [1.82, 2.24) is 4.31 Å². The smallest absolute Gasteiger partial charge is 0.255 e. The zero-order chi connectivity index (χ0) is 21.0. The van der Waals surface area contributed by atoms with Crippen LogP contribution in [0.15, 0.2) is 53.4 Å². The van der Waals surface area contributed by atoms with Crippen molar-refractivity contribution >= 4 is 27.3 Å².